The van der Waals surface area contributed by atoms with E-state index in [0.29, 0.717) is 6.61 Å². The standard InChI is InChI=1S/C12H14O2/c1-2-6-11-10(5-1)9-14-12(11)7-3-4-8-13-12/h1-2,5-6H,3-4,7-9H2. The van der Waals surface area contributed by atoms with Crippen molar-refractivity contribution in [3.63, 3.8) is 0 Å². The van der Waals surface area contributed by atoms with E-state index in [0.717, 1.165) is 19.4 Å². The Morgan fingerprint density at radius 2 is 2.00 bits per heavy atom. The Kier molecular flexibility index (Phi) is 1.85. The van der Waals surface area contributed by atoms with Gasteiger partial charge in [-0.15, -0.1) is 0 Å². The molecule has 0 saturated carbocycles. The van der Waals surface area contributed by atoms with Crippen molar-refractivity contribution in [2.45, 2.75) is 31.7 Å². The third kappa shape index (κ3) is 1.11. The van der Waals surface area contributed by atoms with Crippen LogP contribution < -0.4 is 0 Å². The highest BCUT2D eigenvalue weighted by Crippen LogP contribution is 2.43. The quantitative estimate of drug-likeness (QED) is 0.626. The van der Waals surface area contributed by atoms with Crippen LogP contribution in [0.15, 0.2) is 24.3 Å². The number of ether oxygens (including phenoxy) is 2. The summed E-state index contributed by atoms with van der Waals surface area (Å²) in [4.78, 5) is 0. The smallest absolute Gasteiger partial charge is 0.195 e. The number of hydrogen-bond donors (Lipinski definition) is 0. The second-order valence-corrected chi connectivity index (χ2v) is 4.00. The molecule has 0 N–H and O–H groups in total. The molecule has 1 unspecified atom stereocenters. The lowest BCUT2D eigenvalue weighted by Crippen LogP contribution is -2.32. The first-order chi connectivity index (χ1) is 6.91. The van der Waals surface area contributed by atoms with Crippen molar-refractivity contribution in [1.29, 1.82) is 0 Å². The molecule has 2 aliphatic rings. The number of rotatable bonds is 0. The van der Waals surface area contributed by atoms with Gasteiger partial charge in [-0.25, -0.2) is 0 Å². The summed E-state index contributed by atoms with van der Waals surface area (Å²) in [5.41, 5.74) is 2.54. The van der Waals surface area contributed by atoms with Crippen molar-refractivity contribution in [3.05, 3.63) is 35.4 Å². The van der Waals surface area contributed by atoms with Crippen LogP contribution in [0.4, 0.5) is 0 Å². The van der Waals surface area contributed by atoms with Crippen molar-refractivity contribution in [1.82, 2.24) is 0 Å². The lowest BCUT2D eigenvalue weighted by atomic mass is 9.96. The topological polar surface area (TPSA) is 18.5 Å². The van der Waals surface area contributed by atoms with Crippen LogP contribution in [-0.4, -0.2) is 6.61 Å². The largest absolute Gasteiger partial charge is 0.346 e. The van der Waals surface area contributed by atoms with E-state index in [4.69, 9.17) is 9.47 Å². The van der Waals surface area contributed by atoms with Crippen LogP contribution in [0, 0.1) is 0 Å². The van der Waals surface area contributed by atoms with Gasteiger partial charge in [0.1, 0.15) is 0 Å². The molecule has 0 amide bonds. The molecule has 2 heteroatoms. The van der Waals surface area contributed by atoms with Gasteiger partial charge < -0.3 is 9.47 Å². The van der Waals surface area contributed by atoms with Gasteiger partial charge in [-0.1, -0.05) is 24.3 Å². The van der Waals surface area contributed by atoms with Crippen LogP contribution in [0.25, 0.3) is 0 Å². The molecule has 2 nitrogen and oxygen atoms in total. The van der Waals surface area contributed by atoms with Gasteiger partial charge in [0.05, 0.1) is 13.2 Å². The van der Waals surface area contributed by atoms with E-state index in [1.165, 1.54) is 17.5 Å². The molecule has 1 aromatic carbocycles. The molecule has 1 spiro atoms. The maximum absolute atomic E-state index is 5.83. The summed E-state index contributed by atoms with van der Waals surface area (Å²) < 4.78 is 11.7. The molecule has 3 rings (SSSR count). The zero-order chi connectivity index (χ0) is 9.43. The predicted molar refractivity (Wildman–Crippen MR) is 52.7 cm³/mol. The Labute approximate surface area is 83.8 Å². The molecule has 1 fully saturated rings. The number of fused-ring (bicyclic) bond motifs is 2. The monoisotopic (exact) mass is 190 g/mol. The van der Waals surface area contributed by atoms with Crippen LogP contribution in [0.1, 0.15) is 30.4 Å². The van der Waals surface area contributed by atoms with Crippen LogP contribution >= 0.6 is 0 Å². The number of benzene rings is 1. The summed E-state index contributed by atoms with van der Waals surface area (Å²) in [6.45, 7) is 1.53. The Balaban J connectivity index is 2.03. The maximum Gasteiger partial charge on any atom is 0.195 e. The van der Waals surface area contributed by atoms with Gasteiger partial charge in [-0.2, -0.15) is 0 Å². The lowest BCUT2D eigenvalue weighted by Gasteiger charge is -2.33. The van der Waals surface area contributed by atoms with Crippen molar-refractivity contribution < 1.29 is 9.47 Å². The first kappa shape index (κ1) is 8.45. The molecular formula is C12H14O2. The highest BCUT2D eigenvalue weighted by atomic mass is 16.7. The van der Waals surface area contributed by atoms with Crippen molar-refractivity contribution in [2.75, 3.05) is 6.61 Å². The molecule has 14 heavy (non-hydrogen) atoms. The fraction of sp³-hybridized carbons (Fsp3) is 0.500. The van der Waals surface area contributed by atoms with Crippen LogP contribution in [-0.2, 0) is 21.9 Å². The molecule has 0 bridgehead atoms. The first-order valence-electron chi connectivity index (χ1n) is 5.27. The Morgan fingerprint density at radius 1 is 1.07 bits per heavy atom. The highest BCUT2D eigenvalue weighted by Gasteiger charge is 2.42. The van der Waals surface area contributed by atoms with E-state index >= 15 is 0 Å². The lowest BCUT2D eigenvalue weighted by molar-refractivity contribution is -0.257. The molecule has 2 heterocycles. The summed E-state index contributed by atoms with van der Waals surface area (Å²) in [5.74, 6) is -0.394. The fourth-order valence-electron chi connectivity index (χ4n) is 2.39. The Hall–Kier alpha value is -0.860. The first-order valence-corrected chi connectivity index (χ1v) is 5.27. The zero-order valence-electron chi connectivity index (χ0n) is 8.16. The van der Waals surface area contributed by atoms with Gasteiger partial charge in [0.15, 0.2) is 5.79 Å². The van der Waals surface area contributed by atoms with Gasteiger partial charge in [0.25, 0.3) is 0 Å². The second kappa shape index (κ2) is 3.07. The molecular weight excluding hydrogens is 176 g/mol. The van der Waals surface area contributed by atoms with Crippen molar-refractivity contribution in [3.8, 4) is 0 Å². The van der Waals surface area contributed by atoms with Gasteiger partial charge >= 0.3 is 0 Å². The fourth-order valence-corrected chi connectivity index (χ4v) is 2.39. The molecule has 0 radical (unpaired) electrons. The van der Waals surface area contributed by atoms with E-state index < -0.39 is 5.79 Å². The van der Waals surface area contributed by atoms with Crippen molar-refractivity contribution >= 4 is 0 Å². The van der Waals surface area contributed by atoms with E-state index in [2.05, 4.69) is 24.3 Å². The van der Waals surface area contributed by atoms with Gasteiger partial charge in [-0.05, 0) is 18.4 Å². The SMILES string of the molecule is c1ccc2c(c1)COC21CCCCO1. The Morgan fingerprint density at radius 3 is 2.86 bits per heavy atom. The molecule has 0 aliphatic carbocycles. The zero-order valence-corrected chi connectivity index (χ0v) is 8.16. The van der Waals surface area contributed by atoms with E-state index in [-0.39, 0.29) is 0 Å². The summed E-state index contributed by atoms with van der Waals surface area (Å²) in [7, 11) is 0. The molecule has 2 aliphatic heterocycles. The summed E-state index contributed by atoms with van der Waals surface area (Å²) in [6.07, 6.45) is 3.37. The van der Waals surface area contributed by atoms with Crippen LogP contribution in [0.2, 0.25) is 0 Å². The average Bonchev–Trinajstić information content (AvgIpc) is 2.60. The number of hydrogen-bond acceptors (Lipinski definition) is 2. The van der Waals surface area contributed by atoms with Crippen LogP contribution in [0.3, 0.4) is 0 Å². The van der Waals surface area contributed by atoms with E-state index in [1.54, 1.807) is 0 Å². The van der Waals surface area contributed by atoms with Crippen molar-refractivity contribution in [2.24, 2.45) is 0 Å². The molecule has 1 aromatic rings. The van der Waals surface area contributed by atoms with Gasteiger partial charge in [0, 0.05) is 12.0 Å². The molecule has 0 aromatic heterocycles. The Bertz CT molecular complexity index is 334. The average molecular weight is 190 g/mol. The minimum atomic E-state index is -0.394. The summed E-state index contributed by atoms with van der Waals surface area (Å²) in [6, 6.07) is 8.38. The third-order valence-electron chi connectivity index (χ3n) is 3.12. The van der Waals surface area contributed by atoms with Gasteiger partial charge in [-0.3, -0.25) is 0 Å². The molecule has 1 atom stereocenters. The second-order valence-electron chi connectivity index (χ2n) is 4.00. The summed E-state index contributed by atoms with van der Waals surface area (Å²) >= 11 is 0. The minimum absolute atomic E-state index is 0.394. The highest BCUT2D eigenvalue weighted by molar-refractivity contribution is 5.33. The normalized spacial score (nSPS) is 30.6. The minimum Gasteiger partial charge on any atom is -0.346 e. The van der Waals surface area contributed by atoms with Crippen LogP contribution in [0.5, 0.6) is 0 Å². The maximum atomic E-state index is 5.83. The molecule has 74 valence electrons. The summed E-state index contributed by atoms with van der Waals surface area (Å²) in [5, 5.41) is 0. The van der Waals surface area contributed by atoms with E-state index in [9.17, 15) is 0 Å². The third-order valence-corrected chi connectivity index (χ3v) is 3.12. The predicted octanol–water partition coefficient (Wildman–Crippen LogP) is 2.57. The van der Waals surface area contributed by atoms with Gasteiger partial charge in [0.2, 0.25) is 0 Å². The van der Waals surface area contributed by atoms with E-state index in [1.807, 2.05) is 0 Å². The molecule has 1 saturated heterocycles.